The lowest BCUT2D eigenvalue weighted by molar-refractivity contribution is -0.161. The predicted octanol–water partition coefficient (Wildman–Crippen LogP) is 5.60. The zero-order chi connectivity index (χ0) is 22.3. The van der Waals surface area contributed by atoms with E-state index < -0.39 is 17.6 Å². The van der Waals surface area contributed by atoms with Crippen LogP contribution in [0.2, 0.25) is 0 Å². The van der Waals surface area contributed by atoms with Crippen LogP contribution in [0.4, 0.5) is 5.69 Å². The molecule has 5 nitrogen and oxygen atoms in total. The van der Waals surface area contributed by atoms with Gasteiger partial charge in [-0.05, 0) is 35.2 Å². The summed E-state index contributed by atoms with van der Waals surface area (Å²) in [5.41, 5.74) is 2.89. The number of nitrogens with zero attached hydrogens (tertiary/aromatic N) is 1. The number of fused-ring (bicyclic) bond motifs is 3. The minimum Gasteiger partial charge on any atom is -0.492 e. The molecule has 0 bridgehead atoms. The summed E-state index contributed by atoms with van der Waals surface area (Å²) in [6.07, 6.45) is -0.560. The van der Waals surface area contributed by atoms with Gasteiger partial charge in [0.1, 0.15) is 24.5 Å². The Kier molecular flexibility index (Phi) is 5.14. The molecule has 0 N–H and O–H groups in total. The van der Waals surface area contributed by atoms with E-state index in [-0.39, 0.29) is 12.6 Å². The van der Waals surface area contributed by atoms with Crippen LogP contribution in [0.25, 0.3) is 0 Å². The number of ether oxygens (including phenoxy) is 2. The van der Waals surface area contributed by atoms with Crippen molar-refractivity contribution in [1.29, 1.82) is 0 Å². The zero-order valence-electron chi connectivity index (χ0n) is 18.5. The zero-order valence-corrected chi connectivity index (χ0v) is 18.5. The molecular formula is C27H27NO4. The van der Waals surface area contributed by atoms with Crippen molar-refractivity contribution in [2.24, 2.45) is 5.41 Å². The highest BCUT2D eigenvalue weighted by Gasteiger charge is 2.65. The number of carbonyl (C=O) groups is 1. The minimum absolute atomic E-state index is 0.168. The molecule has 5 heteroatoms. The van der Waals surface area contributed by atoms with Gasteiger partial charge in [-0.2, -0.15) is 0 Å². The van der Waals surface area contributed by atoms with Crippen molar-refractivity contribution in [2.75, 3.05) is 18.8 Å². The van der Waals surface area contributed by atoms with Crippen molar-refractivity contribution in [3.8, 4) is 5.75 Å². The van der Waals surface area contributed by atoms with Gasteiger partial charge in [-0.25, -0.2) is 5.06 Å². The average molecular weight is 430 g/mol. The summed E-state index contributed by atoms with van der Waals surface area (Å²) >= 11 is 0. The molecule has 1 saturated heterocycles. The highest BCUT2D eigenvalue weighted by molar-refractivity contribution is 5.82. The average Bonchev–Trinajstić information content (AvgIpc) is 3.21. The fourth-order valence-corrected chi connectivity index (χ4v) is 4.88. The van der Waals surface area contributed by atoms with Crippen molar-refractivity contribution >= 4 is 11.7 Å². The molecule has 0 amide bonds. The minimum atomic E-state index is -1.06. The molecule has 2 aliphatic heterocycles. The Morgan fingerprint density at radius 2 is 1.69 bits per heavy atom. The molecule has 164 valence electrons. The predicted molar refractivity (Wildman–Crippen MR) is 122 cm³/mol. The van der Waals surface area contributed by atoms with Crippen LogP contribution in [-0.4, -0.2) is 19.7 Å². The number of rotatable bonds is 4. The van der Waals surface area contributed by atoms with E-state index in [9.17, 15) is 4.79 Å². The van der Waals surface area contributed by atoms with E-state index in [1.165, 1.54) is 12.7 Å². The SMILES string of the molecule is COC(=O)[C@@]12COc3ccccc3[C@@H]1N(c1ccccc1)O[C@@H]2c1ccc(C(C)C)cc1. The molecule has 0 aromatic heterocycles. The van der Waals surface area contributed by atoms with Crippen LogP contribution in [0.1, 0.15) is 48.6 Å². The fraction of sp³-hybridized carbons (Fsp3) is 0.296. The number of anilines is 1. The Hall–Kier alpha value is -3.31. The lowest BCUT2D eigenvalue weighted by Gasteiger charge is -2.40. The molecule has 5 rings (SSSR count). The summed E-state index contributed by atoms with van der Waals surface area (Å²) in [7, 11) is 1.43. The molecule has 0 radical (unpaired) electrons. The van der Waals surface area contributed by atoms with Crippen molar-refractivity contribution < 1.29 is 19.1 Å². The summed E-state index contributed by atoms with van der Waals surface area (Å²) in [5, 5.41) is 1.86. The molecule has 0 saturated carbocycles. The van der Waals surface area contributed by atoms with E-state index in [1.54, 1.807) is 0 Å². The number of hydroxylamine groups is 1. The van der Waals surface area contributed by atoms with E-state index in [1.807, 2.05) is 59.7 Å². The van der Waals surface area contributed by atoms with Crippen LogP contribution in [0.3, 0.4) is 0 Å². The van der Waals surface area contributed by atoms with E-state index in [4.69, 9.17) is 14.3 Å². The normalized spacial score (nSPS) is 23.9. The Morgan fingerprint density at radius 3 is 2.38 bits per heavy atom. The quantitative estimate of drug-likeness (QED) is 0.506. The van der Waals surface area contributed by atoms with Crippen LogP contribution < -0.4 is 9.80 Å². The van der Waals surface area contributed by atoms with Gasteiger partial charge in [-0.1, -0.05) is 74.5 Å². The largest absolute Gasteiger partial charge is 0.492 e. The Balaban J connectivity index is 1.70. The van der Waals surface area contributed by atoms with Gasteiger partial charge in [0.25, 0.3) is 0 Å². The highest BCUT2D eigenvalue weighted by atomic mass is 16.7. The van der Waals surface area contributed by atoms with Crippen LogP contribution in [0.5, 0.6) is 5.75 Å². The van der Waals surface area contributed by atoms with Gasteiger partial charge in [0.15, 0.2) is 5.41 Å². The molecule has 0 unspecified atom stereocenters. The number of carbonyl (C=O) groups excluding carboxylic acids is 1. The number of hydrogen-bond donors (Lipinski definition) is 0. The lowest BCUT2D eigenvalue weighted by Crippen LogP contribution is -2.48. The molecule has 1 fully saturated rings. The third-order valence-electron chi connectivity index (χ3n) is 6.57. The molecule has 3 aromatic carbocycles. The lowest BCUT2D eigenvalue weighted by atomic mass is 9.70. The van der Waals surface area contributed by atoms with Gasteiger partial charge in [0.05, 0.1) is 12.8 Å². The van der Waals surface area contributed by atoms with Gasteiger partial charge in [-0.15, -0.1) is 0 Å². The third kappa shape index (κ3) is 3.07. The van der Waals surface area contributed by atoms with Crippen LogP contribution in [-0.2, 0) is 14.4 Å². The third-order valence-corrected chi connectivity index (χ3v) is 6.57. The Bertz CT molecular complexity index is 1110. The number of hydrogen-bond acceptors (Lipinski definition) is 5. The first-order valence-electron chi connectivity index (χ1n) is 11.0. The molecule has 0 spiro atoms. The van der Waals surface area contributed by atoms with E-state index in [0.29, 0.717) is 5.92 Å². The number of benzene rings is 3. The molecule has 3 aromatic rings. The monoisotopic (exact) mass is 429 g/mol. The first-order valence-corrected chi connectivity index (χ1v) is 11.0. The van der Waals surface area contributed by atoms with Gasteiger partial charge in [0, 0.05) is 5.56 Å². The number of methoxy groups -OCH3 is 1. The van der Waals surface area contributed by atoms with Crippen molar-refractivity contribution in [1.82, 2.24) is 0 Å². The van der Waals surface area contributed by atoms with E-state index in [2.05, 4.69) is 38.1 Å². The molecule has 32 heavy (non-hydrogen) atoms. The standard InChI is InChI=1S/C27H27NO4/c1-18(2)19-13-15-20(16-14-19)25-27(26(29)30-3)17-31-23-12-8-7-11-22(23)24(27)28(32-25)21-9-5-4-6-10-21/h4-16,18,24-25H,17H2,1-3H3/t24-,25+,27-/m0/s1. The van der Waals surface area contributed by atoms with Gasteiger partial charge >= 0.3 is 5.97 Å². The van der Waals surface area contributed by atoms with Crippen LogP contribution in [0, 0.1) is 5.41 Å². The molecule has 0 aliphatic carbocycles. The summed E-state index contributed by atoms with van der Waals surface area (Å²) < 4.78 is 11.5. The van der Waals surface area contributed by atoms with Crippen LogP contribution in [0.15, 0.2) is 78.9 Å². The van der Waals surface area contributed by atoms with Crippen molar-refractivity contribution in [3.05, 3.63) is 95.6 Å². The van der Waals surface area contributed by atoms with Gasteiger partial charge in [0.2, 0.25) is 0 Å². The highest BCUT2D eigenvalue weighted by Crippen LogP contribution is 2.61. The maximum absolute atomic E-state index is 13.5. The Morgan fingerprint density at radius 1 is 1.00 bits per heavy atom. The van der Waals surface area contributed by atoms with E-state index >= 15 is 0 Å². The van der Waals surface area contributed by atoms with E-state index in [0.717, 1.165) is 22.6 Å². The molecule has 3 atom stereocenters. The molecular weight excluding hydrogens is 402 g/mol. The number of esters is 1. The first kappa shape index (κ1) is 20.6. The van der Waals surface area contributed by atoms with Crippen molar-refractivity contribution in [3.63, 3.8) is 0 Å². The maximum atomic E-state index is 13.5. The van der Waals surface area contributed by atoms with Gasteiger partial charge < -0.3 is 9.47 Å². The topological polar surface area (TPSA) is 48.0 Å². The van der Waals surface area contributed by atoms with Crippen LogP contribution >= 0.6 is 0 Å². The molecule has 2 aliphatic rings. The second kappa shape index (κ2) is 7.99. The second-order valence-electron chi connectivity index (χ2n) is 8.73. The second-order valence-corrected chi connectivity index (χ2v) is 8.73. The smallest absolute Gasteiger partial charge is 0.321 e. The summed E-state index contributed by atoms with van der Waals surface area (Å²) in [6, 6.07) is 25.6. The fourth-order valence-electron chi connectivity index (χ4n) is 4.88. The summed E-state index contributed by atoms with van der Waals surface area (Å²) in [6.45, 7) is 4.49. The first-order chi connectivity index (χ1) is 15.6. The maximum Gasteiger partial charge on any atom is 0.321 e. The number of para-hydroxylation sites is 2. The Labute approximate surface area is 188 Å². The summed E-state index contributed by atoms with van der Waals surface area (Å²) in [5.74, 6) is 0.840. The molecule has 2 heterocycles. The van der Waals surface area contributed by atoms with Crippen molar-refractivity contribution in [2.45, 2.75) is 31.9 Å². The summed E-state index contributed by atoms with van der Waals surface area (Å²) in [4.78, 5) is 20.1. The van der Waals surface area contributed by atoms with Gasteiger partial charge in [-0.3, -0.25) is 9.63 Å².